The SMILES string of the molecule is NC(=O)C[C@H](NC(=O)/C=C/c1ccc(O)c(O)c1)C(=O)O. The number of carboxylic acids is 1. The molecular formula is C13H14N2O6. The Labute approximate surface area is 119 Å². The van der Waals surface area contributed by atoms with Gasteiger partial charge in [0.15, 0.2) is 11.5 Å². The van der Waals surface area contributed by atoms with Gasteiger partial charge in [0, 0.05) is 6.08 Å². The Bertz CT molecular complexity index is 596. The Hall–Kier alpha value is -3.03. The van der Waals surface area contributed by atoms with Crippen LogP contribution in [-0.2, 0) is 14.4 Å². The second-order valence-electron chi connectivity index (χ2n) is 4.15. The van der Waals surface area contributed by atoms with E-state index in [0.29, 0.717) is 5.56 Å². The summed E-state index contributed by atoms with van der Waals surface area (Å²) in [5, 5.41) is 29.3. The molecule has 1 aromatic carbocycles. The van der Waals surface area contributed by atoms with E-state index in [9.17, 15) is 19.5 Å². The second kappa shape index (κ2) is 6.94. The molecule has 0 aliphatic heterocycles. The molecule has 0 saturated carbocycles. The maximum atomic E-state index is 11.5. The van der Waals surface area contributed by atoms with Gasteiger partial charge in [-0.3, -0.25) is 9.59 Å². The van der Waals surface area contributed by atoms with Crippen LogP contribution in [0, 0.1) is 0 Å². The van der Waals surface area contributed by atoms with E-state index < -0.39 is 30.2 Å². The molecule has 0 unspecified atom stereocenters. The van der Waals surface area contributed by atoms with E-state index >= 15 is 0 Å². The number of phenolic OH excluding ortho intramolecular Hbond substituents is 2. The van der Waals surface area contributed by atoms with Gasteiger partial charge < -0.3 is 26.4 Å². The fourth-order valence-electron chi connectivity index (χ4n) is 1.44. The number of carbonyl (C=O) groups is 3. The monoisotopic (exact) mass is 294 g/mol. The molecule has 8 nitrogen and oxygen atoms in total. The highest BCUT2D eigenvalue weighted by Crippen LogP contribution is 2.25. The molecule has 1 aromatic rings. The van der Waals surface area contributed by atoms with Crippen molar-refractivity contribution in [3.63, 3.8) is 0 Å². The van der Waals surface area contributed by atoms with Crippen LogP contribution in [0.5, 0.6) is 11.5 Å². The second-order valence-corrected chi connectivity index (χ2v) is 4.15. The van der Waals surface area contributed by atoms with Crippen molar-refractivity contribution in [3.05, 3.63) is 29.8 Å². The van der Waals surface area contributed by atoms with Crippen LogP contribution >= 0.6 is 0 Å². The van der Waals surface area contributed by atoms with Crippen molar-refractivity contribution in [3.8, 4) is 11.5 Å². The minimum absolute atomic E-state index is 0.302. The van der Waals surface area contributed by atoms with E-state index in [-0.39, 0.29) is 11.5 Å². The molecule has 2 amide bonds. The quantitative estimate of drug-likeness (QED) is 0.354. The number of amides is 2. The summed E-state index contributed by atoms with van der Waals surface area (Å²) in [5.41, 5.74) is 5.30. The number of rotatable bonds is 6. The number of hydrogen-bond donors (Lipinski definition) is 5. The molecule has 0 aliphatic rings. The van der Waals surface area contributed by atoms with Crippen molar-refractivity contribution in [2.45, 2.75) is 12.5 Å². The highest BCUT2D eigenvalue weighted by Gasteiger charge is 2.20. The summed E-state index contributed by atoms with van der Waals surface area (Å²) < 4.78 is 0. The molecule has 0 bridgehead atoms. The van der Waals surface area contributed by atoms with Gasteiger partial charge in [-0.05, 0) is 23.8 Å². The van der Waals surface area contributed by atoms with Crippen molar-refractivity contribution in [2.75, 3.05) is 0 Å². The Morgan fingerprint density at radius 3 is 2.43 bits per heavy atom. The van der Waals surface area contributed by atoms with Gasteiger partial charge in [0.2, 0.25) is 11.8 Å². The van der Waals surface area contributed by atoms with E-state index in [2.05, 4.69) is 5.32 Å². The van der Waals surface area contributed by atoms with Crippen molar-refractivity contribution < 1.29 is 29.7 Å². The molecule has 1 atom stereocenters. The first-order valence-corrected chi connectivity index (χ1v) is 5.81. The van der Waals surface area contributed by atoms with Crippen LogP contribution in [0.1, 0.15) is 12.0 Å². The third-order valence-corrected chi connectivity index (χ3v) is 2.45. The number of benzene rings is 1. The van der Waals surface area contributed by atoms with Crippen LogP contribution in [-0.4, -0.2) is 39.1 Å². The molecule has 0 heterocycles. The number of carbonyl (C=O) groups excluding carboxylic acids is 2. The molecule has 6 N–H and O–H groups in total. The van der Waals surface area contributed by atoms with Crippen molar-refractivity contribution in [1.29, 1.82) is 0 Å². The molecule has 0 spiro atoms. The molecule has 0 radical (unpaired) electrons. The molecule has 1 rings (SSSR count). The minimum Gasteiger partial charge on any atom is -0.504 e. The number of aromatic hydroxyl groups is 2. The van der Waals surface area contributed by atoms with Crippen molar-refractivity contribution >= 4 is 23.9 Å². The van der Waals surface area contributed by atoms with Crippen LogP contribution in [0.25, 0.3) is 6.08 Å². The van der Waals surface area contributed by atoms with Crippen molar-refractivity contribution in [2.24, 2.45) is 5.73 Å². The zero-order valence-electron chi connectivity index (χ0n) is 10.8. The van der Waals surface area contributed by atoms with Crippen LogP contribution in [0.2, 0.25) is 0 Å². The van der Waals surface area contributed by atoms with Crippen LogP contribution in [0.4, 0.5) is 0 Å². The normalized spacial score (nSPS) is 12.0. The summed E-state index contributed by atoms with van der Waals surface area (Å²) in [6, 6.07) is 2.49. The van der Waals surface area contributed by atoms with E-state index in [1.54, 1.807) is 0 Å². The topological polar surface area (TPSA) is 150 Å². The first-order chi connectivity index (χ1) is 9.79. The molecule has 112 valence electrons. The fourth-order valence-corrected chi connectivity index (χ4v) is 1.44. The first kappa shape index (κ1) is 16.0. The van der Waals surface area contributed by atoms with E-state index in [1.807, 2.05) is 0 Å². The minimum atomic E-state index is -1.41. The van der Waals surface area contributed by atoms with E-state index in [1.165, 1.54) is 24.3 Å². The number of nitrogens with two attached hydrogens (primary N) is 1. The summed E-state index contributed by atoms with van der Waals surface area (Å²) in [4.78, 5) is 33.0. The lowest BCUT2D eigenvalue weighted by Crippen LogP contribution is -2.42. The fraction of sp³-hybridized carbons (Fsp3) is 0.154. The Morgan fingerprint density at radius 1 is 1.24 bits per heavy atom. The number of hydrogen-bond acceptors (Lipinski definition) is 5. The zero-order valence-corrected chi connectivity index (χ0v) is 10.8. The Kier molecular flexibility index (Phi) is 5.30. The van der Waals surface area contributed by atoms with E-state index in [0.717, 1.165) is 6.08 Å². The molecule has 21 heavy (non-hydrogen) atoms. The highest BCUT2D eigenvalue weighted by atomic mass is 16.4. The maximum Gasteiger partial charge on any atom is 0.326 e. The molecule has 0 fully saturated rings. The lowest BCUT2D eigenvalue weighted by molar-refractivity contribution is -0.142. The van der Waals surface area contributed by atoms with Gasteiger partial charge >= 0.3 is 5.97 Å². The Balaban J connectivity index is 2.70. The lowest BCUT2D eigenvalue weighted by Gasteiger charge is -2.10. The summed E-state index contributed by atoms with van der Waals surface area (Å²) in [6.45, 7) is 0. The van der Waals surface area contributed by atoms with E-state index in [4.69, 9.17) is 15.9 Å². The first-order valence-electron chi connectivity index (χ1n) is 5.81. The van der Waals surface area contributed by atoms with Crippen molar-refractivity contribution in [1.82, 2.24) is 5.32 Å². The number of primary amides is 1. The van der Waals surface area contributed by atoms with Gasteiger partial charge in [-0.2, -0.15) is 0 Å². The van der Waals surface area contributed by atoms with Crippen LogP contribution in [0.15, 0.2) is 24.3 Å². The number of phenols is 2. The summed E-state index contributed by atoms with van der Waals surface area (Å²) in [7, 11) is 0. The summed E-state index contributed by atoms with van der Waals surface area (Å²) >= 11 is 0. The van der Waals surface area contributed by atoms with Gasteiger partial charge in [0.1, 0.15) is 6.04 Å². The van der Waals surface area contributed by atoms with Crippen LogP contribution in [0.3, 0.4) is 0 Å². The number of carboxylic acid groups (broad SMARTS) is 1. The largest absolute Gasteiger partial charge is 0.504 e. The van der Waals surface area contributed by atoms with Gasteiger partial charge in [0.05, 0.1) is 6.42 Å². The average Bonchev–Trinajstić information content (AvgIpc) is 2.38. The third kappa shape index (κ3) is 5.23. The zero-order chi connectivity index (χ0) is 16.0. The lowest BCUT2D eigenvalue weighted by atomic mass is 10.1. The predicted octanol–water partition coefficient (Wildman–Crippen LogP) is -0.444. The number of aliphatic carboxylic acids is 1. The molecule has 0 saturated heterocycles. The van der Waals surface area contributed by atoms with Gasteiger partial charge in [0.25, 0.3) is 0 Å². The molecule has 0 aliphatic carbocycles. The van der Waals surface area contributed by atoms with Gasteiger partial charge in [-0.1, -0.05) is 6.07 Å². The van der Waals surface area contributed by atoms with Gasteiger partial charge in [-0.15, -0.1) is 0 Å². The highest BCUT2D eigenvalue weighted by molar-refractivity contribution is 5.95. The number of nitrogens with one attached hydrogen (secondary N) is 1. The maximum absolute atomic E-state index is 11.5. The molecule has 8 heteroatoms. The molecular weight excluding hydrogens is 280 g/mol. The smallest absolute Gasteiger partial charge is 0.326 e. The standard InChI is InChI=1S/C13H14N2O6/c14-11(18)6-8(13(20)21)15-12(19)4-2-7-1-3-9(16)10(17)5-7/h1-5,8,16-17H,6H2,(H2,14,18)(H,15,19)(H,20,21)/b4-2+/t8-/m0/s1. The summed E-state index contributed by atoms with van der Waals surface area (Å²) in [6.07, 6.45) is 1.81. The molecule has 0 aromatic heterocycles. The predicted molar refractivity (Wildman–Crippen MR) is 72.2 cm³/mol. The third-order valence-electron chi connectivity index (χ3n) is 2.45. The Morgan fingerprint density at radius 2 is 1.90 bits per heavy atom. The average molecular weight is 294 g/mol. The summed E-state index contributed by atoms with van der Waals surface area (Å²) in [5.74, 6) is -3.62. The van der Waals surface area contributed by atoms with Gasteiger partial charge in [-0.25, -0.2) is 4.79 Å². The van der Waals surface area contributed by atoms with Crippen LogP contribution < -0.4 is 11.1 Å².